The Hall–Kier alpha value is -1.43. The van der Waals surface area contributed by atoms with Crippen molar-refractivity contribution in [3.63, 3.8) is 0 Å². The first kappa shape index (κ1) is 13.6. The smallest absolute Gasteiger partial charge is 0.200 e. The Labute approximate surface area is 94.9 Å². The molecule has 0 aromatic heterocycles. The van der Waals surface area contributed by atoms with Crippen molar-refractivity contribution in [2.45, 2.75) is 6.92 Å². The lowest BCUT2D eigenvalue weighted by Gasteiger charge is -2.06. The summed E-state index contributed by atoms with van der Waals surface area (Å²) in [5.74, 6) is -9.67. The highest BCUT2D eigenvalue weighted by molar-refractivity contribution is 5.54. The minimum atomic E-state index is -2.15. The van der Waals surface area contributed by atoms with E-state index in [4.69, 9.17) is 0 Å². The van der Waals surface area contributed by atoms with E-state index in [-0.39, 0.29) is 6.54 Å². The molecule has 0 spiro atoms. The van der Waals surface area contributed by atoms with E-state index in [9.17, 15) is 22.0 Å². The molecule has 0 aliphatic heterocycles. The van der Waals surface area contributed by atoms with Crippen LogP contribution in [0.3, 0.4) is 0 Å². The third-order valence-corrected chi connectivity index (χ3v) is 2.09. The van der Waals surface area contributed by atoms with E-state index in [0.29, 0.717) is 5.57 Å². The molecule has 0 saturated heterocycles. The lowest BCUT2D eigenvalue weighted by Crippen LogP contribution is -2.09. The Kier molecular flexibility index (Phi) is 4.22. The molecule has 0 unspecified atom stereocenters. The van der Waals surface area contributed by atoms with Gasteiger partial charge in [0, 0.05) is 6.54 Å². The van der Waals surface area contributed by atoms with E-state index in [1.54, 1.807) is 7.05 Å². The zero-order chi connectivity index (χ0) is 13.2. The van der Waals surface area contributed by atoms with Crippen molar-refractivity contribution in [1.29, 1.82) is 0 Å². The third-order valence-electron chi connectivity index (χ3n) is 2.09. The van der Waals surface area contributed by atoms with Gasteiger partial charge < -0.3 is 5.32 Å². The molecule has 1 N–H and O–H groups in total. The van der Waals surface area contributed by atoms with Crippen LogP contribution in [-0.4, -0.2) is 13.6 Å². The maximum atomic E-state index is 13.2. The molecule has 0 amide bonds. The minimum Gasteiger partial charge on any atom is -0.316 e. The number of rotatable bonds is 3. The molecular formula is C11H10F5N. The Bertz CT molecular complexity index is 438. The lowest BCUT2D eigenvalue weighted by atomic mass is 10.1. The van der Waals surface area contributed by atoms with Gasteiger partial charge in [-0.3, -0.25) is 0 Å². The van der Waals surface area contributed by atoms with Gasteiger partial charge in [0.15, 0.2) is 23.3 Å². The molecule has 1 nitrogen and oxygen atoms in total. The molecule has 0 aliphatic carbocycles. The van der Waals surface area contributed by atoms with Crippen molar-refractivity contribution in [2.75, 3.05) is 13.6 Å². The van der Waals surface area contributed by atoms with E-state index < -0.39 is 34.6 Å². The molecule has 0 aliphatic rings. The summed E-state index contributed by atoms with van der Waals surface area (Å²) in [5.41, 5.74) is -0.482. The summed E-state index contributed by atoms with van der Waals surface area (Å²) in [7, 11) is 1.59. The average molecular weight is 251 g/mol. The standard InChI is InChI=1S/C11H10F5N/c1-5(4-17-2)3-6-7(12)9(14)11(16)10(15)8(6)13/h3,17H,4H2,1-2H3. The molecule has 0 saturated carbocycles. The Morgan fingerprint density at radius 3 is 1.76 bits per heavy atom. The molecule has 0 fully saturated rings. The van der Waals surface area contributed by atoms with Crippen molar-refractivity contribution < 1.29 is 22.0 Å². The molecule has 94 valence electrons. The second kappa shape index (κ2) is 5.27. The van der Waals surface area contributed by atoms with Gasteiger partial charge in [-0.05, 0) is 20.0 Å². The third kappa shape index (κ3) is 2.63. The van der Waals surface area contributed by atoms with Crippen molar-refractivity contribution in [3.8, 4) is 0 Å². The van der Waals surface area contributed by atoms with Crippen molar-refractivity contribution in [3.05, 3.63) is 40.2 Å². The molecule has 0 radical (unpaired) electrons. The van der Waals surface area contributed by atoms with Gasteiger partial charge >= 0.3 is 0 Å². The van der Waals surface area contributed by atoms with Crippen LogP contribution >= 0.6 is 0 Å². The zero-order valence-corrected chi connectivity index (χ0v) is 9.17. The molecule has 17 heavy (non-hydrogen) atoms. The lowest BCUT2D eigenvalue weighted by molar-refractivity contribution is 0.377. The van der Waals surface area contributed by atoms with Crippen LogP contribution < -0.4 is 5.32 Å². The van der Waals surface area contributed by atoms with Crippen LogP contribution in [0.2, 0.25) is 0 Å². The van der Waals surface area contributed by atoms with Crippen LogP contribution in [0.5, 0.6) is 0 Å². The van der Waals surface area contributed by atoms with Crippen molar-refractivity contribution in [2.24, 2.45) is 0 Å². The first-order valence-corrected chi connectivity index (χ1v) is 4.73. The quantitative estimate of drug-likeness (QED) is 0.494. The van der Waals surface area contributed by atoms with Gasteiger partial charge in [0.05, 0.1) is 5.56 Å². The van der Waals surface area contributed by atoms with Gasteiger partial charge in [-0.2, -0.15) is 0 Å². The summed E-state index contributed by atoms with van der Waals surface area (Å²) in [6, 6.07) is 0. The summed E-state index contributed by atoms with van der Waals surface area (Å²) in [4.78, 5) is 0. The van der Waals surface area contributed by atoms with Crippen molar-refractivity contribution >= 4 is 6.08 Å². The highest BCUT2D eigenvalue weighted by Gasteiger charge is 2.24. The summed E-state index contributed by atoms with van der Waals surface area (Å²) in [6.45, 7) is 1.79. The van der Waals surface area contributed by atoms with Gasteiger partial charge in [-0.15, -0.1) is 0 Å². The normalized spacial score (nSPS) is 12.1. The van der Waals surface area contributed by atoms with Gasteiger partial charge in [0.1, 0.15) is 0 Å². The van der Waals surface area contributed by atoms with Crippen LogP contribution in [0.25, 0.3) is 6.08 Å². The average Bonchev–Trinajstić information content (AvgIpc) is 2.30. The van der Waals surface area contributed by atoms with E-state index >= 15 is 0 Å². The second-order valence-electron chi connectivity index (χ2n) is 3.50. The molecule has 0 heterocycles. The minimum absolute atomic E-state index is 0.277. The largest absolute Gasteiger partial charge is 0.316 e. The molecule has 0 atom stereocenters. The Balaban J connectivity index is 3.39. The number of hydrogen-bond donors (Lipinski definition) is 1. The Morgan fingerprint density at radius 1 is 0.941 bits per heavy atom. The molecular weight excluding hydrogens is 241 g/mol. The van der Waals surface area contributed by atoms with Gasteiger partial charge in [0.25, 0.3) is 0 Å². The molecule has 1 aromatic carbocycles. The predicted molar refractivity (Wildman–Crippen MR) is 53.8 cm³/mol. The summed E-state index contributed by atoms with van der Waals surface area (Å²) >= 11 is 0. The summed E-state index contributed by atoms with van der Waals surface area (Å²) in [5, 5.41) is 2.69. The van der Waals surface area contributed by atoms with Crippen LogP contribution in [0, 0.1) is 29.1 Å². The highest BCUT2D eigenvalue weighted by atomic mass is 19.2. The van der Waals surface area contributed by atoms with E-state index in [1.165, 1.54) is 6.92 Å². The molecule has 1 rings (SSSR count). The van der Waals surface area contributed by atoms with Crippen LogP contribution in [-0.2, 0) is 0 Å². The fourth-order valence-electron chi connectivity index (χ4n) is 1.32. The predicted octanol–water partition coefficient (Wildman–Crippen LogP) is 3.00. The molecule has 6 heteroatoms. The number of halogens is 5. The van der Waals surface area contributed by atoms with E-state index in [2.05, 4.69) is 5.32 Å². The number of benzene rings is 1. The zero-order valence-electron chi connectivity index (χ0n) is 9.17. The van der Waals surface area contributed by atoms with Crippen LogP contribution in [0.1, 0.15) is 12.5 Å². The molecule has 0 bridgehead atoms. The van der Waals surface area contributed by atoms with Crippen molar-refractivity contribution in [1.82, 2.24) is 5.32 Å². The number of likely N-dealkylation sites (N-methyl/N-ethyl adjacent to an activating group) is 1. The Morgan fingerprint density at radius 2 is 1.35 bits per heavy atom. The van der Waals surface area contributed by atoms with Gasteiger partial charge in [-0.25, -0.2) is 22.0 Å². The second-order valence-corrected chi connectivity index (χ2v) is 3.50. The highest BCUT2D eigenvalue weighted by Crippen LogP contribution is 2.24. The SMILES string of the molecule is CNCC(C)=Cc1c(F)c(F)c(F)c(F)c1F. The van der Waals surface area contributed by atoms with E-state index in [0.717, 1.165) is 6.08 Å². The number of nitrogens with one attached hydrogen (secondary N) is 1. The fraction of sp³-hybridized carbons (Fsp3) is 0.273. The monoisotopic (exact) mass is 251 g/mol. The van der Waals surface area contributed by atoms with E-state index in [1.807, 2.05) is 0 Å². The number of hydrogen-bond acceptors (Lipinski definition) is 1. The topological polar surface area (TPSA) is 12.0 Å². The van der Waals surface area contributed by atoms with Gasteiger partial charge in [0.2, 0.25) is 5.82 Å². The fourth-order valence-corrected chi connectivity index (χ4v) is 1.32. The van der Waals surface area contributed by atoms with Crippen LogP contribution in [0.4, 0.5) is 22.0 Å². The van der Waals surface area contributed by atoms with Gasteiger partial charge in [-0.1, -0.05) is 5.57 Å². The maximum absolute atomic E-state index is 13.2. The summed E-state index contributed by atoms with van der Waals surface area (Å²) < 4.78 is 64.8. The summed E-state index contributed by atoms with van der Waals surface area (Å²) in [6.07, 6.45) is 0.923. The first-order chi connectivity index (χ1) is 7.90. The maximum Gasteiger partial charge on any atom is 0.200 e. The molecule has 1 aromatic rings. The first-order valence-electron chi connectivity index (χ1n) is 4.73. The van der Waals surface area contributed by atoms with Crippen LogP contribution in [0.15, 0.2) is 5.57 Å².